The molecule has 3 amide bonds. The summed E-state index contributed by atoms with van der Waals surface area (Å²) < 4.78 is 0. The largest absolute Gasteiger partial charge is 0.481 e. The van der Waals surface area contributed by atoms with Crippen LogP contribution >= 0.6 is 23.5 Å². The molecule has 0 radical (unpaired) electrons. The number of thioether (sulfide) groups is 2. The molecule has 0 aromatic heterocycles. The third kappa shape index (κ3) is 12.9. The maximum Gasteiger partial charge on any atom is 0.326 e. The van der Waals surface area contributed by atoms with Crippen molar-refractivity contribution < 1.29 is 44.1 Å². The third-order valence-corrected chi connectivity index (χ3v) is 5.50. The molecule has 0 fully saturated rings. The van der Waals surface area contributed by atoms with Crippen molar-refractivity contribution in [3.8, 4) is 0 Å². The van der Waals surface area contributed by atoms with Crippen molar-refractivity contribution in [2.75, 3.05) is 24.0 Å². The van der Waals surface area contributed by atoms with Crippen molar-refractivity contribution in [1.82, 2.24) is 16.0 Å². The first-order chi connectivity index (χ1) is 15.4. The smallest absolute Gasteiger partial charge is 0.326 e. The summed E-state index contributed by atoms with van der Waals surface area (Å²) in [6.07, 6.45) is 2.18. The molecule has 15 heteroatoms. The molecule has 0 saturated carbocycles. The Morgan fingerprint density at radius 2 is 1.12 bits per heavy atom. The molecule has 0 spiro atoms. The minimum atomic E-state index is -1.60. The van der Waals surface area contributed by atoms with Crippen LogP contribution in [0.1, 0.15) is 25.7 Å². The van der Waals surface area contributed by atoms with Crippen LogP contribution < -0.4 is 21.7 Å². The van der Waals surface area contributed by atoms with Gasteiger partial charge in [-0.3, -0.25) is 24.0 Å². The Hall–Kier alpha value is -2.52. The van der Waals surface area contributed by atoms with Crippen LogP contribution in [0.3, 0.4) is 0 Å². The second-order valence-electron chi connectivity index (χ2n) is 6.89. The molecule has 0 aliphatic rings. The molecule has 4 unspecified atom stereocenters. The summed E-state index contributed by atoms with van der Waals surface area (Å²) in [5.41, 5.74) is 5.50. The number of amides is 3. The highest BCUT2D eigenvalue weighted by molar-refractivity contribution is 7.98. The van der Waals surface area contributed by atoms with E-state index in [-0.39, 0.29) is 12.8 Å². The number of hydrogen-bond acceptors (Lipinski definition) is 9. The van der Waals surface area contributed by atoms with Gasteiger partial charge < -0.3 is 37.0 Å². The quantitative estimate of drug-likeness (QED) is 0.116. The molecule has 8 N–H and O–H groups in total. The fourth-order valence-electron chi connectivity index (χ4n) is 2.49. The summed E-state index contributed by atoms with van der Waals surface area (Å²) in [5.74, 6) is -6.01. The van der Waals surface area contributed by atoms with E-state index in [2.05, 4.69) is 16.0 Å². The van der Waals surface area contributed by atoms with E-state index in [9.17, 15) is 33.9 Å². The van der Waals surface area contributed by atoms with E-state index in [4.69, 9.17) is 15.9 Å². The first-order valence-electron chi connectivity index (χ1n) is 9.73. The summed E-state index contributed by atoms with van der Waals surface area (Å²) in [6.45, 7) is 0. The Morgan fingerprint density at radius 3 is 1.58 bits per heavy atom. The lowest BCUT2D eigenvalue weighted by molar-refractivity contribution is -0.143. The Kier molecular flexibility index (Phi) is 14.9. The average Bonchev–Trinajstić information content (AvgIpc) is 2.71. The standard InChI is InChI=1S/C18H30N4O9S2/c1-32-5-3-10(20-15(27)9(19)7-13(23)24)16(28)22-12(8-14(25)26)17(29)21-11(18(30)31)4-6-33-2/h9-12H,3-8,19H2,1-2H3,(H,20,27)(H,21,29)(H,22,28)(H,23,24)(H,25,26)(H,30,31). The molecule has 0 aliphatic heterocycles. The molecule has 188 valence electrons. The lowest BCUT2D eigenvalue weighted by Crippen LogP contribution is -2.57. The van der Waals surface area contributed by atoms with Crippen molar-refractivity contribution in [1.29, 1.82) is 0 Å². The van der Waals surface area contributed by atoms with Gasteiger partial charge in [0.05, 0.1) is 18.9 Å². The molecular formula is C18H30N4O9S2. The Bertz CT molecular complexity index is 723. The molecule has 0 bridgehead atoms. The number of rotatable bonds is 17. The highest BCUT2D eigenvalue weighted by atomic mass is 32.2. The normalized spacial score (nSPS) is 14.3. The highest BCUT2D eigenvalue weighted by Gasteiger charge is 2.31. The van der Waals surface area contributed by atoms with E-state index in [0.29, 0.717) is 11.5 Å². The van der Waals surface area contributed by atoms with E-state index in [1.807, 2.05) is 0 Å². The van der Waals surface area contributed by atoms with Gasteiger partial charge in [0, 0.05) is 0 Å². The average molecular weight is 511 g/mol. The van der Waals surface area contributed by atoms with Gasteiger partial charge >= 0.3 is 17.9 Å². The van der Waals surface area contributed by atoms with Crippen LogP contribution in [0.15, 0.2) is 0 Å². The molecule has 0 saturated heterocycles. The molecule has 0 rings (SSSR count). The van der Waals surface area contributed by atoms with Gasteiger partial charge in [-0.15, -0.1) is 0 Å². The molecule has 4 atom stereocenters. The number of carboxylic acid groups (broad SMARTS) is 3. The predicted octanol–water partition coefficient (Wildman–Crippen LogP) is -1.69. The minimum Gasteiger partial charge on any atom is -0.481 e. The van der Waals surface area contributed by atoms with Crippen molar-refractivity contribution in [2.24, 2.45) is 5.73 Å². The number of carbonyl (C=O) groups excluding carboxylic acids is 3. The number of nitrogens with one attached hydrogen (secondary N) is 3. The van der Waals surface area contributed by atoms with Crippen LogP contribution in [0.5, 0.6) is 0 Å². The van der Waals surface area contributed by atoms with Crippen LogP contribution in [-0.2, 0) is 28.8 Å². The number of carboxylic acids is 3. The maximum atomic E-state index is 12.7. The number of aliphatic carboxylic acids is 3. The lowest BCUT2D eigenvalue weighted by Gasteiger charge is -2.24. The lowest BCUT2D eigenvalue weighted by atomic mass is 10.1. The molecule has 13 nitrogen and oxygen atoms in total. The highest BCUT2D eigenvalue weighted by Crippen LogP contribution is 2.06. The molecule has 0 heterocycles. The van der Waals surface area contributed by atoms with E-state index >= 15 is 0 Å². The molecule has 0 aromatic rings. The van der Waals surface area contributed by atoms with Gasteiger partial charge in [-0.2, -0.15) is 23.5 Å². The number of nitrogens with two attached hydrogens (primary N) is 1. The molecule has 0 aromatic carbocycles. The Labute approximate surface area is 199 Å². The second-order valence-corrected chi connectivity index (χ2v) is 8.86. The summed E-state index contributed by atoms with van der Waals surface area (Å²) in [4.78, 5) is 70.7. The van der Waals surface area contributed by atoms with E-state index in [1.165, 1.54) is 23.5 Å². The molecule has 33 heavy (non-hydrogen) atoms. The summed E-state index contributed by atoms with van der Waals surface area (Å²) in [5, 5.41) is 33.9. The monoisotopic (exact) mass is 510 g/mol. The number of carbonyl (C=O) groups is 6. The Morgan fingerprint density at radius 1 is 0.697 bits per heavy atom. The van der Waals surface area contributed by atoms with Crippen LogP contribution in [0.2, 0.25) is 0 Å². The van der Waals surface area contributed by atoms with Gasteiger partial charge in [0.15, 0.2) is 0 Å². The van der Waals surface area contributed by atoms with Crippen LogP contribution in [0.4, 0.5) is 0 Å². The van der Waals surface area contributed by atoms with Crippen LogP contribution in [0, 0.1) is 0 Å². The Balaban J connectivity index is 5.45. The first-order valence-corrected chi connectivity index (χ1v) is 12.5. The SMILES string of the molecule is CSCCC(NC(=O)C(CC(=O)O)NC(=O)C(CCSC)NC(=O)C(N)CC(=O)O)C(=O)O. The summed E-state index contributed by atoms with van der Waals surface area (Å²) in [6, 6.07) is -5.52. The topological polar surface area (TPSA) is 225 Å². The zero-order valence-electron chi connectivity index (χ0n) is 18.2. The summed E-state index contributed by atoms with van der Waals surface area (Å²) >= 11 is 2.71. The fraction of sp³-hybridized carbons (Fsp3) is 0.667. The zero-order chi connectivity index (χ0) is 25.6. The van der Waals surface area contributed by atoms with Crippen molar-refractivity contribution in [2.45, 2.75) is 49.9 Å². The first kappa shape index (κ1) is 30.5. The van der Waals surface area contributed by atoms with Crippen molar-refractivity contribution in [3.05, 3.63) is 0 Å². The van der Waals surface area contributed by atoms with Gasteiger partial charge in [-0.25, -0.2) is 4.79 Å². The maximum absolute atomic E-state index is 12.7. The zero-order valence-corrected chi connectivity index (χ0v) is 19.9. The van der Waals surface area contributed by atoms with Gasteiger partial charge in [-0.05, 0) is 36.9 Å². The van der Waals surface area contributed by atoms with Gasteiger partial charge in [0.25, 0.3) is 0 Å². The van der Waals surface area contributed by atoms with Gasteiger partial charge in [-0.1, -0.05) is 0 Å². The van der Waals surface area contributed by atoms with Crippen molar-refractivity contribution in [3.63, 3.8) is 0 Å². The third-order valence-electron chi connectivity index (χ3n) is 4.21. The van der Waals surface area contributed by atoms with Gasteiger partial charge in [0.2, 0.25) is 17.7 Å². The molecular weight excluding hydrogens is 480 g/mol. The van der Waals surface area contributed by atoms with Crippen LogP contribution in [0.25, 0.3) is 0 Å². The molecule has 0 aliphatic carbocycles. The fourth-order valence-corrected chi connectivity index (χ4v) is 3.43. The predicted molar refractivity (Wildman–Crippen MR) is 122 cm³/mol. The van der Waals surface area contributed by atoms with E-state index in [1.54, 1.807) is 12.5 Å². The van der Waals surface area contributed by atoms with Gasteiger partial charge in [0.1, 0.15) is 18.1 Å². The van der Waals surface area contributed by atoms with E-state index < -0.39 is 72.6 Å². The summed E-state index contributed by atoms with van der Waals surface area (Å²) in [7, 11) is 0. The van der Waals surface area contributed by atoms with Crippen molar-refractivity contribution >= 4 is 59.2 Å². The van der Waals surface area contributed by atoms with E-state index in [0.717, 1.165) is 0 Å². The second kappa shape index (κ2) is 16.1. The van der Waals surface area contributed by atoms with Crippen LogP contribution in [-0.4, -0.2) is 99.1 Å². The minimum absolute atomic E-state index is 0.0872. The number of hydrogen-bond donors (Lipinski definition) is 7.